The number of hydrazone groups is 1. The molecule has 158 valence electrons. The van der Waals surface area contributed by atoms with Gasteiger partial charge in [-0.1, -0.05) is 30.0 Å². The lowest BCUT2D eigenvalue weighted by Gasteiger charge is -2.19. The molecule has 0 aliphatic carbocycles. The van der Waals surface area contributed by atoms with Crippen LogP contribution in [-0.2, 0) is 4.79 Å². The Hall–Kier alpha value is -3.40. The number of thioether (sulfide) groups is 1. The van der Waals surface area contributed by atoms with Crippen molar-refractivity contribution >= 4 is 34.3 Å². The molecule has 0 radical (unpaired) electrons. The van der Waals surface area contributed by atoms with E-state index in [1.807, 2.05) is 56.3 Å². The smallest absolute Gasteiger partial charge is 0.253 e. The fourth-order valence-electron chi connectivity index (χ4n) is 3.51. The minimum absolute atomic E-state index is 0.105. The maximum absolute atomic E-state index is 13.1. The fourth-order valence-corrected chi connectivity index (χ4v) is 4.37. The lowest BCUT2D eigenvalue weighted by atomic mass is 10.1. The standard InChI is InChI=1S/C21H20N6O3S/c1-13(2)26-21(22-24-25-26)31-12-20(28)27-16(18-8-5-9-29-18)11-15(23-27)19-10-14-6-3-4-7-17(14)30-19/h3-10,13,16H,11-12H2,1-2H3/t16-/m1/s1. The monoisotopic (exact) mass is 436 g/mol. The number of hydrogen-bond acceptors (Lipinski definition) is 8. The van der Waals surface area contributed by atoms with Crippen molar-refractivity contribution in [2.45, 2.75) is 37.5 Å². The Balaban J connectivity index is 1.40. The number of carbonyl (C=O) groups excluding carboxylic acids is 1. The molecule has 4 aromatic rings. The SMILES string of the molecule is CC(C)n1nnnc1SCC(=O)N1N=C(c2cc3ccccc3o2)C[C@@H]1c1ccco1. The predicted octanol–water partition coefficient (Wildman–Crippen LogP) is 4.06. The second-order valence-corrected chi connectivity index (χ2v) is 8.40. The molecule has 5 rings (SSSR count). The van der Waals surface area contributed by atoms with E-state index in [0.717, 1.165) is 11.0 Å². The normalized spacial score (nSPS) is 16.4. The van der Waals surface area contributed by atoms with E-state index in [9.17, 15) is 4.79 Å². The van der Waals surface area contributed by atoms with Gasteiger partial charge in [0.1, 0.15) is 23.1 Å². The summed E-state index contributed by atoms with van der Waals surface area (Å²) in [4.78, 5) is 13.1. The van der Waals surface area contributed by atoms with Gasteiger partial charge in [-0.25, -0.2) is 9.69 Å². The fraction of sp³-hybridized carbons (Fsp3) is 0.286. The number of amides is 1. The third kappa shape index (κ3) is 3.74. The number of fused-ring (bicyclic) bond motifs is 1. The number of carbonyl (C=O) groups is 1. The molecule has 9 nitrogen and oxygen atoms in total. The summed E-state index contributed by atoms with van der Waals surface area (Å²) in [5.74, 6) is 1.34. The Morgan fingerprint density at radius 2 is 2.13 bits per heavy atom. The molecule has 0 saturated heterocycles. The van der Waals surface area contributed by atoms with Gasteiger partial charge in [0, 0.05) is 11.8 Å². The number of rotatable bonds is 6. The van der Waals surface area contributed by atoms with Gasteiger partial charge in [-0.05, 0) is 48.5 Å². The highest BCUT2D eigenvalue weighted by Crippen LogP contribution is 2.35. The van der Waals surface area contributed by atoms with Crippen molar-refractivity contribution in [2.24, 2.45) is 5.10 Å². The molecule has 1 aliphatic heterocycles. The summed E-state index contributed by atoms with van der Waals surface area (Å²) in [6, 6.07) is 13.2. The Morgan fingerprint density at radius 1 is 1.26 bits per heavy atom. The van der Waals surface area contributed by atoms with E-state index in [1.54, 1.807) is 10.9 Å². The number of aromatic nitrogens is 4. The number of nitrogens with zero attached hydrogens (tertiary/aromatic N) is 6. The maximum atomic E-state index is 13.1. The molecule has 1 aromatic carbocycles. The molecule has 1 aliphatic rings. The number of furan rings is 2. The first kappa shape index (κ1) is 19.6. The molecular weight excluding hydrogens is 416 g/mol. The first-order chi connectivity index (χ1) is 15.1. The van der Waals surface area contributed by atoms with Crippen molar-refractivity contribution in [2.75, 3.05) is 5.75 Å². The molecule has 31 heavy (non-hydrogen) atoms. The zero-order chi connectivity index (χ0) is 21.4. The predicted molar refractivity (Wildman–Crippen MR) is 115 cm³/mol. The Bertz CT molecular complexity index is 1210. The summed E-state index contributed by atoms with van der Waals surface area (Å²) in [7, 11) is 0. The van der Waals surface area contributed by atoms with Crippen molar-refractivity contribution in [3.8, 4) is 0 Å². The maximum Gasteiger partial charge on any atom is 0.253 e. The van der Waals surface area contributed by atoms with Gasteiger partial charge in [-0.15, -0.1) is 5.10 Å². The molecule has 4 heterocycles. The molecular formula is C21H20N6O3S. The summed E-state index contributed by atoms with van der Waals surface area (Å²) in [5, 5.41) is 19.4. The van der Waals surface area contributed by atoms with Crippen LogP contribution in [0.2, 0.25) is 0 Å². The minimum Gasteiger partial charge on any atom is -0.467 e. The molecule has 0 bridgehead atoms. The molecule has 3 aromatic heterocycles. The van der Waals surface area contributed by atoms with Crippen LogP contribution in [-0.4, -0.2) is 42.6 Å². The van der Waals surface area contributed by atoms with Crippen LogP contribution in [0.25, 0.3) is 11.0 Å². The first-order valence-corrected chi connectivity index (χ1v) is 10.9. The molecule has 0 unspecified atom stereocenters. The molecule has 0 saturated carbocycles. The average Bonchev–Trinajstić information content (AvgIpc) is 3.55. The lowest BCUT2D eigenvalue weighted by molar-refractivity contribution is -0.130. The van der Waals surface area contributed by atoms with Crippen molar-refractivity contribution in [3.05, 3.63) is 60.2 Å². The van der Waals surface area contributed by atoms with Crippen molar-refractivity contribution in [1.82, 2.24) is 25.2 Å². The van der Waals surface area contributed by atoms with Crippen LogP contribution in [0, 0.1) is 0 Å². The highest BCUT2D eigenvalue weighted by atomic mass is 32.2. The van der Waals surface area contributed by atoms with E-state index in [2.05, 4.69) is 20.6 Å². The number of para-hydroxylation sites is 1. The quantitative estimate of drug-likeness (QED) is 0.420. The molecule has 1 amide bonds. The second kappa shape index (κ2) is 8.03. The topological polar surface area (TPSA) is 103 Å². The summed E-state index contributed by atoms with van der Waals surface area (Å²) in [5.41, 5.74) is 1.50. The summed E-state index contributed by atoms with van der Waals surface area (Å²) in [6.07, 6.45) is 2.11. The molecule has 0 fully saturated rings. The van der Waals surface area contributed by atoms with Gasteiger partial charge < -0.3 is 8.83 Å². The third-order valence-corrected chi connectivity index (χ3v) is 5.94. The van der Waals surface area contributed by atoms with E-state index in [0.29, 0.717) is 28.8 Å². The number of benzene rings is 1. The van der Waals surface area contributed by atoms with Crippen LogP contribution in [0.15, 0.2) is 67.8 Å². The van der Waals surface area contributed by atoms with Gasteiger partial charge in [0.05, 0.1) is 18.1 Å². The van der Waals surface area contributed by atoms with Crippen LogP contribution in [0.1, 0.15) is 43.9 Å². The van der Waals surface area contributed by atoms with Crippen LogP contribution < -0.4 is 0 Å². The molecule has 1 atom stereocenters. The number of tetrazole rings is 1. The van der Waals surface area contributed by atoms with Crippen LogP contribution in [0.5, 0.6) is 0 Å². The van der Waals surface area contributed by atoms with Crippen LogP contribution in [0.3, 0.4) is 0 Å². The van der Waals surface area contributed by atoms with Crippen molar-refractivity contribution in [1.29, 1.82) is 0 Å². The van der Waals surface area contributed by atoms with Gasteiger partial charge in [0.15, 0.2) is 5.76 Å². The second-order valence-electron chi connectivity index (χ2n) is 7.46. The van der Waals surface area contributed by atoms with Gasteiger partial charge >= 0.3 is 0 Å². The largest absolute Gasteiger partial charge is 0.467 e. The van der Waals surface area contributed by atoms with Crippen molar-refractivity contribution < 1.29 is 13.6 Å². The zero-order valence-electron chi connectivity index (χ0n) is 17.0. The highest BCUT2D eigenvalue weighted by Gasteiger charge is 2.36. The summed E-state index contributed by atoms with van der Waals surface area (Å²) in [6.45, 7) is 3.97. The van der Waals surface area contributed by atoms with E-state index < -0.39 is 0 Å². The summed E-state index contributed by atoms with van der Waals surface area (Å²) < 4.78 is 13.3. The zero-order valence-corrected chi connectivity index (χ0v) is 17.8. The number of hydrogen-bond donors (Lipinski definition) is 0. The van der Waals surface area contributed by atoms with Gasteiger partial charge in [0.2, 0.25) is 5.16 Å². The molecule has 10 heteroatoms. The van der Waals surface area contributed by atoms with Crippen molar-refractivity contribution in [3.63, 3.8) is 0 Å². The Morgan fingerprint density at radius 3 is 2.90 bits per heavy atom. The van der Waals surface area contributed by atoms with E-state index in [1.165, 1.54) is 16.8 Å². The third-order valence-electron chi connectivity index (χ3n) is 5.02. The Kier molecular flexibility index (Phi) is 5.06. The molecule has 0 spiro atoms. The lowest BCUT2D eigenvalue weighted by Crippen LogP contribution is -2.28. The average molecular weight is 436 g/mol. The minimum atomic E-state index is -0.326. The van der Waals surface area contributed by atoms with E-state index >= 15 is 0 Å². The Labute approximate surface area is 182 Å². The van der Waals surface area contributed by atoms with Crippen LogP contribution in [0.4, 0.5) is 0 Å². The highest BCUT2D eigenvalue weighted by molar-refractivity contribution is 7.99. The molecule has 0 N–H and O–H groups in total. The first-order valence-electron chi connectivity index (χ1n) is 9.92. The van der Waals surface area contributed by atoms with Crippen LogP contribution >= 0.6 is 11.8 Å². The van der Waals surface area contributed by atoms with E-state index in [-0.39, 0.29) is 23.7 Å². The van der Waals surface area contributed by atoms with E-state index in [4.69, 9.17) is 8.83 Å². The van der Waals surface area contributed by atoms with Gasteiger partial charge in [0.25, 0.3) is 5.91 Å². The van der Waals surface area contributed by atoms with Gasteiger partial charge in [-0.3, -0.25) is 4.79 Å². The van der Waals surface area contributed by atoms with Gasteiger partial charge in [-0.2, -0.15) is 5.10 Å². The summed E-state index contributed by atoms with van der Waals surface area (Å²) >= 11 is 1.29.